The summed E-state index contributed by atoms with van der Waals surface area (Å²) in [7, 11) is -2.91. The highest BCUT2D eigenvalue weighted by Crippen LogP contribution is 2.24. The molecule has 2 aromatic heterocycles. The van der Waals surface area contributed by atoms with E-state index in [1.165, 1.54) is 0 Å². The Kier molecular flexibility index (Phi) is 8.04. The van der Waals surface area contributed by atoms with Gasteiger partial charge in [-0.25, -0.2) is 18.4 Å². The van der Waals surface area contributed by atoms with Gasteiger partial charge in [-0.05, 0) is 38.7 Å². The van der Waals surface area contributed by atoms with Crippen LogP contribution in [0.4, 0.5) is 5.82 Å². The number of rotatable bonds is 12. The molecule has 0 spiro atoms. The van der Waals surface area contributed by atoms with Crippen molar-refractivity contribution in [3.8, 4) is 0 Å². The Balaban J connectivity index is 2.03. The number of imidazole rings is 1. The monoisotopic (exact) mass is 396 g/mol. The molecule has 2 N–H and O–H groups in total. The van der Waals surface area contributed by atoms with Gasteiger partial charge in [0.05, 0.1) is 17.0 Å². The van der Waals surface area contributed by atoms with Gasteiger partial charge in [-0.2, -0.15) is 0 Å². The number of nitrogens with two attached hydrogens (primary N) is 1. The molecule has 0 aliphatic carbocycles. The number of hydrogen-bond donors (Lipinski definition) is 1. The SMILES string of the molecule is CCCCS(=O)(=O)CCCCCn1c(COCC)nc2c(N)ncc(C)c21. The molecule has 0 saturated carbocycles. The van der Waals surface area contributed by atoms with Crippen molar-refractivity contribution in [2.45, 2.75) is 66.0 Å². The van der Waals surface area contributed by atoms with Gasteiger partial charge in [-0.15, -0.1) is 0 Å². The molecule has 152 valence electrons. The summed E-state index contributed by atoms with van der Waals surface area (Å²) in [6.45, 7) is 7.76. The van der Waals surface area contributed by atoms with Gasteiger partial charge in [0, 0.05) is 19.3 Å². The summed E-state index contributed by atoms with van der Waals surface area (Å²) in [6.07, 6.45) is 5.86. The molecule has 0 atom stereocenters. The van der Waals surface area contributed by atoms with Crippen LogP contribution in [-0.4, -0.2) is 41.1 Å². The van der Waals surface area contributed by atoms with Crippen LogP contribution in [0.15, 0.2) is 6.20 Å². The number of sulfone groups is 1. The van der Waals surface area contributed by atoms with E-state index in [0.717, 1.165) is 49.1 Å². The lowest BCUT2D eigenvalue weighted by Gasteiger charge is -2.11. The maximum atomic E-state index is 12.0. The van der Waals surface area contributed by atoms with Gasteiger partial charge in [-0.1, -0.05) is 19.8 Å². The van der Waals surface area contributed by atoms with Gasteiger partial charge in [0.15, 0.2) is 5.82 Å². The summed E-state index contributed by atoms with van der Waals surface area (Å²) in [4.78, 5) is 8.83. The molecule has 0 saturated heterocycles. The number of pyridine rings is 1. The molecule has 0 fully saturated rings. The average Bonchev–Trinajstić information content (AvgIpc) is 3.01. The Morgan fingerprint density at radius 2 is 1.89 bits per heavy atom. The van der Waals surface area contributed by atoms with Crippen molar-refractivity contribution in [3.05, 3.63) is 17.6 Å². The van der Waals surface area contributed by atoms with Crippen molar-refractivity contribution in [2.24, 2.45) is 0 Å². The minimum absolute atomic E-state index is 0.277. The number of nitrogens with zero attached hydrogens (tertiary/aromatic N) is 3. The van der Waals surface area contributed by atoms with Crippen LogP contribution in [0.3, 0.4) is 0 Å². The van der Waals surface area contributed by atoms with E-state index < -0.39 is 9.84 Å². The van der Waals surface area contributed by atoms with Gasteiger partial charge in [-0.3, -0.25) is 0 Å². The smallest absolute Gasteiger partial charge is 0.151 e. The standard InChI is InChI=1S/C19H32N4O3S/c1-4-6-11-27(24,25)12-9-7-8-10-23-16(14-26-5-2)22-17-18(23)15(3)13-21-19(17)20/h13H,4-12,14H2,1-3H3,(H2,20,21). The maximum Gasteiger partial charge on any atom is 0.151 e. The molecule has 8 heteroatoms. The second-order valence-corrected chi connectivity index (χ2v) is 9.21. The summed E-state index contributed by atoms with van der Waals surface area (Å²) in [5, 5.41) is 0. The van der Waals surface area contributed by atoms with E-state index in [1.54, 1.807) is 6.20 Å². The lowest BCUT2D eigenvalue weighted by atomic mass is 10.2. The highest BCUT2D eigenvalue weighted by atomic mass is 32.2. The van der Waals surface area contributed by atoms with Gasteiger partial charge in [0.25, 0.3) is 0 Å². The van der Waals surface area contributed by atoms with Crippen LogP contribution in [0.25, 0.3) is 11.0 Å². The number of fused-ring (bicyclic) bond motifs is 1. The normalized spacial score (nSPS) is 12.1. The van der Waals surface area contributed by atoms with Gasteiger partial charge >= 0.3 is 0 Å². The first kappa shape index (κ1) is 21.6. The highest BCUT2D eigenvalue weighted by Gasteiger charge is 2.16. The molecule has 2 aromatic rings. The number of ether oxygens (including phenoxy) is 1. The second kappa shape index (κ2) is 10.0. The molecule has 0 radical (unpaired) electrons. The number of aromatic nitrogens is 3. The molecule has 27 heavy (non-hydrogen) atoms. The zero-order valence-corrected chi connectivity index (χ0v) is 17.5. The number of anilines is 1. The van der Waals surface area contributed by atoms with Gasteiger partial charge < -0.3 is 15.0 Å². The van der Waals surface area contributed by atoms with Crippen molar-refractivity contribution < 1.29 is 13.2 Å². The van der Waals surface area contributed by atoms with E-state index in [1.807, 2.05) is 20.8 Å². The van der Waals surface area contributed by atoms with Crippen molar-refractivity contribution in [1.82, 2.24) is 14.5 Å². The minimum atomic E-state index is -2.91. The predicted molar refractivity (Wildman–Crippen MR) is 109 cm³/mol. The fourth-order valence-corrected chi connectivity index (χ4v) is 4.72. The first-order valence-electron chi connectivity index (χ1n) is 9.78. The molecule has 0 aromatic carbocycles. The van der Waals surface area contributed by atoms with Crippen molar-refractivity contribution in [1.29, 1.82) is 0 Å². The summed E-state index contributed by atoms with van der Waals surface area (Å²) in [5.74, 6) is 1.85. The van der Waals surface area contributed by atoms with Crippen LogP contribution in [0.5, 0.6) is 0 Å². The zero-order valence-electron chi connectivity index (χ0n) is 16.7. The molecule has 0 aliphatic rings. The minimum Gasteiger partial charge on any atom is -0.382 e. The van der Waals surface area contributed by atoms with Crippen LogP contribution >= 0.6 is 0 Å². The van der Waals surface area contributed by atoms with E-state index in [9.17, 15) is 8.42 Å². The maximum absolute atomic E-state index is 12.0. The molecule has 0 amide bonds. The number of hydrogen-bond acceptors (Lipinski definition) is 6. The first-order valence-corrected chi connectivity index (χ1v) is 11.6. The molecular formula is C19H32N4O3S. The third-order valence-electron chi connectivity index (χ3n) is 4.64. The Morgan fingerprint density at radius 3 is 2.59 bits per heavy atom. The van der Waals surface area contributed by atoms with Crippen molar-refractivity contribution in [2.75, 3.05) is 23.8 Å². The van der Waals surface area contributed by atoms with Crippen molar-refractivity contribution >= 4 is 26.7 Å². The van der Waals surface area contributed by atoms with Crippen LogP contribution < -0.4 is 5.73 Å². The van der Waals surface area contributed by atoms with Crippen LogP contribution in [0.1, 0.15) is 57.3 Å². The molecule has 2 heterocycles. The molecule has 0 bridgehead atoms. The van der Waals surface area contributed by atoms with E-state index in [0.29, 0.717) is 36.7 Å². The fourth-order valence-electron chi connectivity index (χ4n) is 3.15. The largest absolute Gasteiger partial charge is 0.382 e. The molecular weight excluding hydrogens is 364 g/mol. The van der Waals surface area contributed by atoms with Gasteiger partial charge in [0.1, 0.15) is 27.8 Å². The Labute approximate surface area is 162 Å². The Hall–Kier alpha value is -1.67. The molecule has 2 rings (SSSR count). The summed E-state index contributed by atoms with van der Waals surface area (Å²) < 4.78 is 31.6. The number of unbranched alkanes of at least 4 members (excludes halogenated alkanes) is 3. The fraction of sp³-hybridized carbons (Fsp3) is 0.684. The lowest BCUT2D eigenvalue weighted by Crippen LogP contribution is -2.11. The number of nitrogen functional groups attached to an aromatic ring is 1. The highest BCUT2D eigenvalue weighted by molar-refractivity contribution is 7.91. The summed E-state index contributed by atoms with van der Waals surface area (Å²) in [6, 6.07) is 0. The van der Waals surface area contributed by atoms with E-state index in [2.05, 4.69) is 14.5 Å². The van der Waals surface area contributed by atoms with Crippen LogP contribution in [0.2, 0.25) is 0 Å². The average molecular weight is 397 g/mol. The molecule has 0 unspecified atom stereocenters. The first-order chi connectivity index (χ1) is 12.9. The quantitative estimate of drug-likeness (QED) is 0.553. The Morgan fingerprint density at radius 1 is 1.15 bits per heavy atom. The molecule has 0 aliphatic heterocycles. The third kappa shape index (κ3) is 5.90. The summed E-state index contributed by atoms with van der Waals surface area (Å²) >= 11 is 0. The molecule has 7 nitrogen and oxygen atoms in total. The lowest BCUT2D eigenvalue weighted by molar-refractivity contribution is 0.126. The zero-order chi connectivity index (χ0) is 19.9. The number of aryl methyl sites for hydroxylation is 2. The van der Waals surface area contributed by atoms with Crippen LogP contribution in [0, 0.1) is 6.92 Å². The van der Waals surface area contributed by atoms with Gasteiger partial charge in [0.2, 0.25) is 0 Å². The van der Waals surface area contributed by atoms with E-state index >= 15 is 0 Å². The second-order valence-electron chi connectivity index (χ2n) is 6.91. The summed E-state index contributed by atoms with van der Waals surface area (Å²) in [5.41, 5.74) is 8.74. The van der Waals surface area contributed by atoms with E-state index in [4.69, 9.17) is 10.5 Å². The third-order valence-corrected chi connectivity index (χ3v) is 6.46. The van der Waals surface area contributed by atoms with Crippen molar-refractivity contribution in [3.63, 3.8) is 0 Å². The van der Waals surface area contributed by atoms with E-state index in [-0.39, 0.29) is 5.75 Å². The predicted octanol–water partition coefficient (Wildman–Crippen LogP) is 3.24. The topological polar surface area (TPSA) is 100 Å². The Bertz CT molecular complexity index is 846. The van der Waals surface area contributed by atoms with Crippen LogP contribution in [-0.2, 0) is 27.7 Å².